The second kappa shape index (κ2) is 10.8. The number of para-hydroxylation sites is 1. The first-order valence-corrected chi connectivity index (χ1v) is 15.5. The Morgan fingerprint density at radius 2 is 1.51 bits per heavy atom. The highest BCUT2D eigenvalue weighted by Crippen LogP contribution is 2.53. The van der Waals surface area contributed by atoms with Crippen LogP contribution in [0.4, 0.5) is 10.5 Å². The molecule has 1 heterocycles. The number of amides is 2. The van der Waals surface area contributed by atoms with E-state index in [1.807, 2.05) is 61.5 Å². The average Bonchev–Trinajstić information content (AvgIpc) is 3.22. The van der Waals surface area contributed by atoms with E-state index >= 15 is 0 Å². The summed E-state index contributed by atoms with van der Waals surface area (Å²) in [7, 11) is -2.49. The number of methoxy groups -OCH3 is 1. The van der Waals surface area contributed by atoms with Gasteiger partial charge in [-0.15, -0.1) is 0 Å². The van der Waals surface area contributed by atoms with Gasteiger partial charge in [0.25, 0.3) is 0 Å². The van der Waals surface area contributed by atoms with Gasteiger partial charge in [0.15, 0.2) is 0 Å². The minimum Gasteiger partial charge on any atom is -0.497 e. The molecule has 1 aliphatic heterocycles. The summed E-state index contributed by atoms with van der Waals surface area (Å²) in [6, 6.07) is 26.9. The lowest BCUT2D eigenvalue weighted by atomic mass is 9.59. The summed E-state index contributed by atoms with van der Waals surface area (Å²) in [6.45, 7) is 8.71. The number of nitrogens with one attached hydrogen (secondary N) is 1. The lowest BCUT2D eigenvalue weighted by Crippen LogP contribution is -2.57. The molecule has 1 N–H and O–H groups in total. The Labute approximate surface area is 252 Å². The quantitative estimate of drug-likeness (QED) is 0.266. The monoisotopic (exact) mass is 600 g/mol. The molecule has 0 unspecified atom stereocenters. The maximum Gasteiger partial charge on any atom is 0.421 e. The second-order valence-corrected chi connectivity index (χ2v) is 13.9. The van der Waals surface area contributed by atoms with Crippen molar-refractivity contribution in [1.29, 1.82) is 0 Å². The van der Waals surface area contributed by atoms with Gasteiger partial charge in [-0.2, -0.15) is 0 Å². The number of rotatable bonds is 7. The van der Waals surface area contributed by atoms with E-state index < -0.39 is 38.5 Å². The first-order valence-electron chi connectivity index (χ1n) is 14.0. The summed E-state index contributed by atoms with van der Waals surface area (Å²) in [5.74, 6) is 0.0325. The van der Waals surface area contributed by atoms with E-state index in [-0.39, 0.29) is 11.4 Å². The van der Waals surface area contributed by atoms with Gasteiger partial charge in [-0.25, -0.2) is 22.8 Å². The molecule has 0 aliphatic carbocycles. The van der Waals surface area contributed by atoms with Crippen LogP contribution in [0.2, 0.25) is 0 Å². The maximum absolute atomic E-state index is 14.6. The van der Waals surface area contributed by atoms with Crippen LogP contribution in [0, 0.1) is 0 Å². The summed E-state index contributed by atoms with van der Waals surface area (Å²) in [5.41, 5.74) is -1.62. The Morgan fingerprint density at radius 3 is 2.16 bits per heavy atom. The fourth-order valence-electron chi connectivity index (χ4n) is 5.74. The molecule has 5 rings (SSSR count). The Kier molecular flexibility index (Phi) is 7.61. The van der Waals surface area contributed by atoms with Crippen molar-refractivity contribution < 1.29 is 27.5 Å². The summed E-state index contributed by atoms with van der Waals surface area (Å²) < 4.78 is 40.8. The standard InChI is InChI=1S/C34H36N2O6S/c1-32(2,3)42-31(38)36-29-14-10-9-13-28(29)34(5,30(36)37)33(4,25-16-15-23-11-7-8-12-24(23)21-25)22-35-43(39,40)27-19-17-26(41-6)18-20-27/h7-21,35H,22H2,1-6H3/t33-,34+/m1/s1. The first kappa shape index (κ1) is 30.3. The summed E-state index contributed by atoms with van der Waals surface area (Å²) in [4.78, 5) is 29.2. The van der Waals surface area contributed by atoms with E-state index in [4.69, 9.17) is 9.47 Å². The van der Waals surface area contributed by atoms with Gasteiger partial charge in [0.05, 0.1) is 23.1 Å². The molecule has 0 bridgehead atoms. The van der Waals surface area contributed by atoms with Crippen LogP contribution in [0.3, 0.4) is 0 Å². The van der Waals surface area contributed by atoms with Gasteiger partial charge in [-0.1, -0.05) is 67.6 Å². The van der Waals surface area contributed by atoms with Crippen LogP contribution in [-0.2, 0) is 30.4 Å². The average molecular weight is 601 g/mol. The molecule has 2 amide bonds. The Hall–Kier alpha value is -4.21. The highest BCUT2D eigenvalue weighted by Gasteiger charge is 2.60. The number of imide groups is 1. The summed E-state index contributed by atoms with van der Waals surface area (Å²) in [6.07, 6.45) is -0.784. The van der Waals surface area contributed by atoms with Gasteiger partial charge < -0.3 is 9.47 Å². The number of hydrogen-bond donors (Lipinski definition) is 1. The van der Waals surface area contributed by atoms with Gasteiger partial charge in [0.1, 0.15) is 11.4 Å². The number of benzene rings is 4. The normalized spacial score (nSPS) is 18.3. The molecule has 0 saturated carbocycles. The fraction of sp³-hybridized carbons (Fsp3) is 0.294. The van der Waals surface area contributed by atoms with Crippen molar-refractivity contribution in [1.82, 2.24) is 4.72 Å². The zero-order chi connectivity index (χ0) is 31.2. The molecule has 0 aromatic heterocycles. The molecular formula is C34H36N2O6S. The van der Waals surface area contributed by atoms with Crippen molar-refractivity contribution in [3.05, 3.63) is 102 Å². The number of sulfonamides is 1. The van der Waals surface area contributed by atoms with E-state index in [2.05, 4.69) is 4.72 Å². The van der Waals surface area contributed by atoms with Crippen molar-refractivity contribution >= 4 is 38.5 Å². The van der Waals surface area contributed by atoms with Crippen LogP contribution in [-0.4, -0.2) is 39.7 Å². The zero-order valence-corrected chi connectivity index (χ0v) is 26.0. The van der Waals surface area contributed by atoms with Crippen LogP contribution in [0.15, 0.2) is 95.9 Å². The smallest absolute Gasteiger partial charge is 0.421 e. The molecule has 0 spiro atoms. The maximum atomic E-state index is 14.6. The second-order valence-electron chi connectivity index (χ2n) is 12.2. The molecule has 224 valence electrons. The molecule has 43 heavy (non-hydrogen) atoms. The SMILES string of the molecule is COc1ccc(S(=O)(=O)NC[C@](C)(c2ccc3ccccc3c2)[C@]2(C)C(=O)N(C(=O)OC(C)(C)C)c3ccccc32)cc1. The van der Waals surface area contributed by atoms with E-state index in [1.165, 1.54) is 19.2 Å². The van der Waals surface area contributed by atoms with Crippen LogP contribution >= 0.6 is 0 Å². The van der Waals surface area contributed by atoms with Gasteiger partial charge in [0, 0.05) is 12.0 Å². The molecule has 0 saturated heterocycles. The zero-order valence-electron chi connectivity index (χ0n) is 25.2. The highest BCUT2D eigenvalue weighted by molar-refractivity contribution is 7.89. The molecule has 8 nitrogen and oxygen atoms in total. The number of anilines is 1. The number of nitrogens with zero attached hydrogens (tertiary/aromatic N) is 1. The van der Waals surface area contributed by atoms with Crippen LogP contribution < -0.4 is 14.4 Å². The fourth-order valence-corrected chi connectivity index (χ4v) is 6.88. The lowest BCUT2D eigenvalue weighted by Gasteiger charge is -2.44. The van der Waals surface area contributed by atoms with Gasteiger partial charge in [-0.3, -0.25) is 4.79 Å². The molecule has 0 fully saturated rings. The largest absolute Gasteiger partial charge is 0.497 e. The highest BCUT2D eigenvalue weighted by atomic mass is 32.2. The number of ether oxygens (including phenoxy) is 2. The van der Waals surface area contributed by atoms with Crippen molar-refractivity contribution in [2.24, 2.45) is 0 Å². The number of carbonyl (C=O) groups excluding carboxylic acids is 2. The predicted octanol–water partition coefficient (Wildman–Crippen LogP) is 6.32. The Bertz CT molecular complexity index is 1810. The number of carbonyl (C=O) groups is 2. The minimum atomic E-state index is -4.00. The first-order chi connectivity index (χ1) is 20.2. The molecule has 1 aliphatic rings. The van der Waals surface area contributed by atoms with Gasteiger partial charge in [-0.05, 0) is 79.9 Å². The van der Waals surface area contributed by atoms with E-state index in [1.54, 1.807) is 52.0 Å². The van der Waals surface area contributed by atoms with Crippen molar-refractivity contribution in [3.63, 3.8) is 0 Å². The molecule has 4 aromatic carbocycles. The number of hydrogen-bond acceptors (Lipinski definition) is 6. The van der Waals surface area contributed by atoms with Gasteiger partial charge >= 0.3 is 6.09 Å². The van der Waals surface area contributed by atoms with Crippen molar-refractivity contribution in [3.8, 4) is 5.75 Å². The van der Waals surface area contributed by atoms with Crippen LogP contribution in [0.5, 0.6) is 5.75 Å². The third-order valence-corrected chi connectivity index (χ3v) is 9.78. The summed E-state index contributed by atoms with van der Waals surface area (Å²) in [5, 5.41) is 1.95. The van der Waals surface area contributed by atoms with E-state index in [0.29, 0.717) is 17.0 Å². The van der Waals surface area contributed by atoms with E-state index in [9.17, 15) is 18.0 Å². The molecule has 2 atom stereocenters. The topological polar surface area (TPSA) is 102 Å². The van der Waals surface area contributed by atoms with Crippen molar-refractivity contribution in [2.45, 2.75) is 55.9 Å². The summed E-state index contributed by atoms with van der Waals surface area (Å²) >= 11 is 0. The lowest BCUT2D eigenvalue weighted by molar-refractivity contribution is -0.124. The minimum absolute atomic E-state index is 0.0628. The van der Waals surface area contributed by atoms with Crippen molar-refractivity contribution in [2.75, 3.05) is 18.6 Å². The van der Waals surface area contributed by atoms with Gasteiger partial charge in [0.2, 0.25) is 15.9 Å². The third kappa shape index (κ3) is 5.28. The molecule has 4 aromatic rings. The molecule has 0 radical (unpaired) electrons. The molecule has 9 heteroatoms. The Balaban J connectivity index is 1.66. The van der Waals surface area contributed by atoms with Crippen LogP contribution in [0.1, 0.15) is 45.7 Å². The Morgan fingerprint density at radius 1 is 0.884 bits per heavy atom. The third-order valence-electron chi connectivity index (χ3n) is 8.37. The number of fused-ring (bicyclic) bond motifs is 2. The van der Waals surface area contributed by atoms with Crippen LogP contribution in [0.25, 0.3) is 10.8 Å². The predicted molar refractivity (Wildman–Crippen MR) is 167 cm³/mol. The molecular weight excluding hydrogens is 564 g/mol. The van der Waals surface area contributed by atoms with E-state index in [0.717, 1.165) is 21.2 Å².